The molecule has 0 saturated carbocycles. The Balaban J connectivity index is 1.42. The first kappa shape index (κ1) is 36.7. The van der Waals surface area contributed by atoms with Gasteiger partial charge in [-0.15, -0.1) is 0 Å². The molecule has 16 nitrogen and oxygen atoms in total. The highest BCUT2D eigenvalue weighted by Gasteiger charge is 2.34. The van der Waals surface area contributed by atoms with Crippen LogP contribution in [0.2, 0.25) is 0 Å². The van der Waals surface area contributed by atoms with Crippen molar-refractivity contribution in [1.82, 2.24) is 0 Å². The molecule has 5 aliphatic heterocycles. The number of nitrogens with zero attached hydrogens (tertiary/aromatic N) is 8. The van der Waals surface area contributed by atoms with E-state index in [1.54, 1.807) is 72.8 Å². The first-order valence-electron chi connectivity index (χ1n) is 18.1. The van der Waals surface area contributed by atoms with Crippen molar-refractivity contribution < 1.29 is 19.7 Å². The molecule has 5 aliphatic rings. The van der Waals surface area contributed by atoms with Gasteiger partial charge >= 0.3 is 0 Å². The molecule has 0 unspecified atom stereocenters. The van der Waals surface area contributed by atoms with Crippen LogP contribution in [0.3, 0.4) is 0 Å². The van der Waals surface area contributed by atoms with Gasteiger partial charge in [-0.25, -0.2) is 20.0 Å². The van der Waals surface area contributed by atoms with Gasteiger partial charge in [-0.3, -0.25) is 40.5 Å². The Morgan fingerprint density at radius 1 is 0.367 bits per heavy atom. The fourth-order valence-corrected chi connectivity index (χ4v) is 7.21. The van der Waals surface area contributed by atoms with Crippen LogP contribution in [-0.4, -0.2) is 42.5 Å². The summed E-state index contributed by atoms with van der Waals surface area (Å²) in [6.45, 7) is 0. The van der Waals surface area contributed by atoms with Crippen LogP contribution in [-0.2, 0) is 0 Å². The van der Waals surface area contributed by atoms with E-state index in [9.17, 15) is 40.5 Å². The molecule has 0 amide bonds. The number of rotatable bonds is 8. The molecule has 9 rings (SSSR count). The second kappa shape index (κ2) is 14.5. The summed E-state index contributed by atoms with van der Waals surface area (Å²) >= 11 is 0. The van der Waals surface area contributed by atoms with Crippen molar-refractivity contribution >= 4 is 67.9 Å². The maximum atomic E-state index is 11.9. The lowest BCUT2D eigenvalue weighted by molar-refractivity contribution is -0.385. The normalized spacial score (nSPS) is 16.4. The summed E-state index contributed by atoms with van der Waals surface area (Å²) in [7, 11) is 0. The molecule has 0 atom stereocenters. The van der Waals surface area contributed by atoms with E-state index in [-0.39, 0.29) is 22.7 Å². The number of allylic oxidation sites excluding steroid dienone is 12. The molecule has 8 bridgehead atoms. The molecule has 5 heterocycles. The summed E-state index contributed by atoms with van der Waals surface area (Å²) in [6, 6.07) is 23.6. The van der Waals surface area contributed by atoms with E-state index in [1.165, 1.54) is 48.5 Å². The van der Waals surface area contributed by atoms with Gasteiger partial charge in [0.25, 0.3) is 22.7 Å². The lowest BCUT2D eigenvalue weighted by atomic mass is 9.85. The van der Waals surface area contributed by atoms with Gasteiger partial charge in [-0.05, 0) is 119 Å². The van der Waals surface area contributed by atoms with Crippen molar-refractivity contribution in [3.63, 3.8) is 0 Å². The standard InChI is InChI=1S/C44H24N8O8/c53-49(54)34-13-1-25(2-14-34)38-23-33-22-31-10-9-29(45-31)21-30-11-12-32(46-30)24-39-40(26-3-15-35(16-4-26)50(55)56)41(27-5-17-36(18-6-27)51(57)58)44(48-39)42(43(38)47-33)28-7-19-37(20-8-28)52(59)60/h1-24H. The zero-order valence-electron chi connectivity index (χ0n) is 30.7. The van der Waals surface area contributed by atoms with E-state index >= 15 is 0 Å². The predicted molar refractivity (Wildman–Crippen MR) is 226 cm³/mol. The first-order chi connectivity index (χ1) is 29.0. The van der Waals surface area contributed by atoms with E-state index in [4.69, 9.17) is 20.0 Å². The van der Waals surface area contributed by atoms with Crippen molar-refractivity contribution in [3.8, 4) is 0 Å². The highest BCUT2D eigenvalue weighted by atomic mass is 16.6. The number of hydrogen-bond donors (Lipinski definition) is 0. The zero-order chi connectivity index (χ0) is 41.7. The van der Waals surface area contributed by atoms with Gasteiger partial charge in [-0.1, -0.05) is 0 Å². The zero-order valence-corrected chi connectivity index (χ0v) is 30.7. The number of fused-ring (bicyclic) bond motifs is 4. The molecule has 288 valence electrons. The van der Waals surface area contributed by atoms with Crippen LogP contribution in [0.25, 0.3) is 22.3 Å². The summed E-state index contributed by atoms with van der Waals surface area (Å²) in [5.74, 6) is 0. The quantitative estimate of drug-likeness (QED) is 0.123. The molecule has 4 aromatic rings. The van der Waals surface area contributed by atoms with Crippen LogP contribution in [0, 0.1) is 40.5 Å². The third-order valence-electron chi connectivity index (χ3n) is 9.97. The molecule has 0 aromatic heterocycles. The van der Waals surface area contributed by atoms with Gasteiger partial charge in [0.05, 0.1) is 65.3 Å². The SMILES string of the molecule is O=[N+]([O-])c1ccc(C2=CC3=CC4=NC(=CC5=NC(=CC6=NC(=C(c7ccc([N+](=O)[O-])cc7)C2=N3)C(c2ccc([N+](=O)[O-])cc2)=C6c2ccc([N+](=O)[O-])cc2)C=C5)C=C4)cc1. The van der Waals surface area contributed by atoms with Crippen molar-refractivity contribution in [1.29, 1.82) is 0 Å². The Morgan fingerprint density at radius 2 is 0.767 bits per heavy atom. The second-order valence-corrected chi connectivity index (χ2v) is 13.7. The Kier molecular flexibility index (Phi) is 8.90. The van der Waals surface area contributed by atoms with E-state index < -0.39 is 19.7 Å². The van der Waals surface area contributed by atoms with Crippen LogP contribution in [0.15, 0.2) is 188 Å². The number of aliphatic imine (C=N–C) groups is 4. The van der Waals surface area contributed by atoms with Crippen molar-refractivity contribution in [2.75, 3.05) is 0 Å². The van der Waals surface area contributed by atoms with E-state index in [2.05, 4.69) is 0 Å². The van der Waals surface area contributed by atoms with E-state index in [0.29, 0.717) is 90.2 Å². The second-order valence-electron chi connectivity index (χ2n) is 13.7. The third kappa shape index (κ3) is 6.81. The molecule has 0 aliphatic carbocycles. The largest absolute Gasteiger partial charge is 0.269 e. The monoisotopic (exact) mass is 792 g/mol. The number of nitro benzene ring substituents is 4. The molecule has 0 spiro atoms. The number of benzene rings is 4. The minimum atomic E-state index is -0.522. The molecule has 0 fully saturated rings. The minimum Gasteiger partial charge on any atom is -0.258 e. The minimum absolute atomic E-state index is 0.128. The average molecular weight is 793 g/mol. The van der Waals surface area contributed by atoms with Crippen LogP contribution in [0.5, 0.6) is 0 Å². The lowest BCUT2D eigenvalue weighted by Gasteiger charge is -2.17. The van der Waals surface area contributed by atoms with Gasteiger partial charge in [0.1, 0.15) is 0 Å². The van der Waals surface area contributed by atoms with Gasteiger partial charge in [0, 0.05) is 70.8 Å². The number of nitro groups is 4. The fraction of sp³-hybridized carbons (Fsp3) is 0. The van der Waals surface area contributed by atoms with Gasteiger partial charge in [0.15, 0.2) is 0 Å². The summed E-state index contributed by atoms with van der Waals surface area (Å²) in [5.41, 5.74) is 7.17. The number of hydrogen-bond acceptors (Lipinski definition) is 12. The maximum absolute atomic E-state index is 11.9. The molecular formula is C44H24N8O8. The highest BCUT2D eigenvalue weighted by Crippen LogP contribution is 2.47. The Hall–Kier alpha value is -8.92. The molecule has 4 aromatic carbocycles. The molecule has 16 heteroatoms. The van der Waals surface area contributed by atoms with Crippen molar-refractivity contribution in [2.24, 2.45) is 20.0 Å². The lowest BCUT2D eigenvalue weighted by Crippen LogP contribution is -2.07. The Labute approximate surface area is 338 Å². The third-order valence-corrected chi connectivity index (χ3v) is 9.97. The molecule has 0 radical (unpaired) electrons. The van der Waals surface area contributed by atoms with Crippen LogP contribution in [0.1, 0.15) is 22.3 Å². The van der Waals surface area contributed by atoms with E-state index in [0.717, 1.165) is 0 Å². The maximum Gasteiger partial charge on any atom is 0.269 e. The first-order valence-corrected chi connectivity index (χ1v) is 18.1. The molecule has 0 N–H and O–H groups in total. The summed E-state index contributed by atoms with van der Waals surface area (Å²) in [4.78, 5) is 65.0. The van der Waals surface area contributed by atoms with Crippen molar-refractivity contribution in [2.45, 2.75) is 0 Å². The van der Waals surface area contributed by atoms with Crippen LogP contribution in [0.4, 0.5) is 22.7 Å². The predicted octanol–water partition coefficient (Wildman–Crippen LogP) is 9.32. The van der Waals surface area contributed by atoms with E-state index in [1.807, 2.05) is 24.3 Å². The van der Waals surface area contributed by atoms with Crippen molar-refractivity contribution in [3.05, 3.63) is 231 Å². The van der Waals surface area contributed by atoms with Crippen LogP contribution >= 0.6 is 0 Å². The summed E-state index contributed by atoms with van der Waals surface area (Å²) in [5, 5.41) is 47.1. The highest BCUT2D eigenvalue weighted by molar-refractivity contribution is 6.50. The molecular weight excluding hydrogens is 769 g/mol. The topological polar surface area (TPSA) is 222 Å². The average Bonchev–Trinajstić information content (AvgIpc) is 4.06. The molecule has 60 heavy (non-hydrogen) atoms. The van der Waals surface area contributed by atoms with Gasteiger partial charge < -0.3 is 0 Å². The smallest absolute Gasteiger partial charge is 0.258 e. The Morgan fingerprint density at radius 3 is 1.23 bits per heavy atom. The fourth-order valence-electron chi connectivity index (χ4n) is 7.21. The Bertz CT molecular complexity index is 3030. The number of non-ortho nitro benzene ring substituents is 4. The van der Waals surface area contributed by atoms with Gasteiger partial charge in [-0.2, -0.15) is 0 Å². The van der Waals surface area contributed by atoms with Crippen LogP contribution < -0.4 is 0 Å². The summed E-state index contributed by atoms with van der Waals surface area (Å²) < 4.78 is 0. The summed E-state index contributed by atoms with van der Waals surface area (Å²) in [6.07, 6.45) is 14.4. The van der Waals surface area contributed by atoms with Gasteiger partial charge in [0.2, 0.25) is 0 Å². The molecule has 0 saturated heterocycles.